The quantitative estimate of drug-likeness (QED) is 0.780. The smallest absolute Gasteiger partial charge is 0.119 e. The summed E-state index contributed by atoms with van der Waals surface area (Å²) >= 11 is 0. The second-order valence-electron chi connectivity index (χ2n) is 4.97. The molecule has 1 N–H and O–H groups in total. The molecule has 0 aliphatic carbocycles. The highest BCUT2D eigenvalue weighted by atomic mass is 16.5. The molecule has 104 valence electrons. The van der Waals surface area contributed by atoms with Gasteiger partial charge in [0, 0.05) is 6.42 Å². The molecule has 1 rings (SSSR count). The fourth-order valence-corrected chi connectivity index (χ4v) is 1.81. The van der Waals surface area contributed by atoms with Crippen LogP contribution in [0.25, 0.3) is 0 Å². The zero-order valence-corrected chi connectivity index (χ0v) is 12.2. The molecule has 0 saturated carbocycles. The van der Waals surface area contributed by atoms with Gasteiger partial charge in [-0.3, -0.25) is 5.32 Å². The summed E-state index contributed by atoms with van der Waals surface area (Å²) < 4.78 is 5.73. The molecule has 1 aromatic rings. The molecule has 1 aromatic carbocycles. The molecule has 0 spiro atoms. The molecule has 0 fully saturated rings. The maximum absolute atomic E-state index is 9.22. The summed E-state index contributed by atoms with van der Waals surface area (Å²) in [4.78, 5) is 0. The van der Waals surface area contributed by atoms with Gasteiger partial charge in [-0.15, -0.1) is 0 Å². The summed E-state index contributed by atoms with van der Waals surface area (Å²) in [6.45, 7) is 7.55. The van der Waals surface area contributed by atoms with E-state index >= 15 is 0 Å². The van der Waals surface area contributed by atoms with E-state index in [2.05, 4.69) is 37.4 Å². The summed E-state index contributed by atoms with van der Waals surface area (Å²) in [5, 5.41) is 12.5. The monoisotopic (exact) mass is 260 g/mol. The first-order valence-electron chi connectivity index (χ1n) is 7.01. The molecular formula is C16H24N2O. The fraction of sp³-hybridized carbons (Fsp3) is 0.562. The van der Waals surface area contributed by atoms with E-state index in [0.717, 1.165) is 25.1 Å². The number of nitriles is 1. The van der Waals surface area contributed by atoms with Crippen molar-refractivity contribution >= 4 is 0 Å². The number of rotatable bonds is 8. The Morgan fingerprint density at radius 1 is 1.37 bits per heavy atom. The lowest BCUT2D eigenvalue weighted by molar-refractivity contribution is 0.267. The van der Waals surface area contributed by atoms with Crippen molar-refractivity contribution in [2.24, 2.45) is 0 Å². The van der Waals surface area contributed by atoms with Crippen LogP contribution in [0.4, 0.5) is 0 Å². The van der Waals surface area contributed by atoms with E-state index in [4.69, 9.17) is 4.74 Å². The third-order valence-corrected chi connectivity index (χ3v) is 3.19. The number of nitrogens with zero attached hydrogens (tertiary/aromatic N) is 1. The zero-order valence-electron chi connectivity index (χ0n) is 12.2. The van der Waals surface area contributed by atoms with Gasteiger partial charge < -0.3 is 4.74 Å². The molecule has 0 amide bonds. The Labute approximate surface area is 116 Å². The van der Waals surface area contributed by atoms with Gasteiger partial charge in [-0.1, -0.05) is 26.0 Å². The minimum atomic E-state index is -0.502. The van der Waals surface area contributed by atoms with E-state index in [9.17, 15) is 5.26 Å². The van der Waals surface area contributed by atoms with Gasteiger partial charge in [0.1, 0.15) is 11.3 Å². The van der Waals surface area contributed by atoms with Crippen molar-refractivity contribution in [3.8, 4) is 11.8 Å². The highest BCUT2D eigenvalue weighted by Crippen LogP contribution is 2.15. The highest BCUT2D eigenvalue weighted by Gasteiger charge is 2.22. The van der Waals surface area contributed by atoms with Crippen molar-refractivity contribution in [2.45, 2.75) is 45.6 Å². The first-order chi connectivity index (χ1) is 9.13. The first-order valence-corrected chi connectivity index (χ1v) is 7.01. The predicted octanol–water partition coefficient (Wildman–Crippen LogP) is 3.30. The van der Waals surface area contributed by atoms with Crippen LogP contribution in [-0.4, -0.2) is 18.7 Å². The Hall–Kier alpha value is -1.53. The van der Waals surface area contributed by atoms with E-state index in [-0.39, 0.29) is 0 Å². The first kappa shape index (κ1) is 15.5. The number of benzene rings is 1. The summed E-state index contributed by atoms with van der Waals surface area (Å²) in [6, 6.07) is 10.4. The average molecular weight is 260 g/mol. The molecule has 1 atom stereocenters. The van der Waals surface area contributed by atoms with Crippen LogP contribution in [0.3, 0.4) is 0 Å². The maximum Gasteiger partial charge on any atom is 0.119 e. The topological polar surface area (TPSA) is 45.0 Å². The third kappa shape index (κ3) is 5.32. The standard InChI is InChI=1S/C16H24N2O/c1-4-10-18-16(3,13-17)9-11-19-15-8-6-7-14(5-2)12-15/h6-8,12,18H,4-5,9-11H2,1-3H3. The van der Waals surface area contributed by atoms with Crippen LogP contribution in [0.1, 0.15) is 39.2 Å². The molecule has 3 nitrogen and oxygen atoms in total. The van der Waals surface area contributed by atoms with Gasteiger partial charge >= 0.3 is 0 Å². The molecular weight excluding hydrogens is 236 g/mol. The number of hydrogen-bond acceptors (Lipinski definition) is 3. The Morgan fingerprint density at radius 3 is 2.79 bits per heavy atom. The van der Waals surface area contributed by atoms with E-state index < -0.39 is 5.54 Å². The van der Waals surface area contributed by atoms with Gasteiger partial charge in [-0.2, -0.15) is 5.26 Å². The van der Waals surface area contributed by atoms with Crippen LogP contribution in [0.2, 0.25) is 0 Å². The van der Waals surface area contributed by atoms with E-state index in [1.54, 1.807) is 0 Å². The lowest BCUT2D eigenvalue weighted by atomic mass is 10.0. The molecule has 0 aromatic heterocycles. The Balaban J connectivity index is 2.45. The lowest BCUT2D eigenvalue weighted by Gasteiger charge is -2.23. The van der Waals surface area contributed by atoms with Gasteiger partial charge in [0.2, 0.25) is 0 Å². The number of hydrogen-bond donors (Lipinski definition) is 1. The summed E-state index contributed by atoms with van der Waals surface area (Å²) in [5.41, 5.74) is 0.767. The van der Waals surface area contributed by atoms with Crippen molar-refractivity contribution in [1.82, 2.24) is 5.32 Å². The third-order valence-electron chi connectivity index (χ3n) is 3.19. The molecule has 0 saturated heterocycles. The van der Waals surface area contributed by atoms with Crippen LogP contribution < -0.4 is 10.1 Å². The highest BCUT2D eigenvalue weighted by molar-refractivity contribution is 5.28. The minimum Gasteiger partial charge on any atom is -0.493 e. The van der Waals surface area contributed by atoms with Gasteiger partial charge in [0.15, 0.2) is 0 Å². The number of nitrogens with one attached hydrogen (secondary N) is 1. The van der Waals surface area contributed by atoms with Crippen LogP contribution in [-0.2, 0) is 6.42 Å². The number of ether oxygens (including phenoxy) is 1. The molecule has 0 radical (unpaired) electrons. The summed E-state index contributed by atoms with van der Waals surface area (Å²) in [6.07, 6.45) is 2.71. The Bertz CT molecular complexity index is 425. The van der Waals surface area contributed by atoms with Crippen molar-refractivity contribution in [2.75, 3.05) is 13.2 Å². The van der Waals surface area contributed by atoms with Gasteiger partial charge in [-0.05, 0) is 44.0 Å². The van der Waals surface area contributed by atoms with Crippen LogP contribution in [0.15, 0.2) is 24.3 Å². The molecule has 0 aliphatic rings. The molecule has 0 heterocycles. The SMILES string of the molecule is CCCNC(C)(C#N)CCOc1cccc(CC)c1. The lowest BCUT2D eigenvalue weighted by Crippen LogP contribution is -2.42. The summed E-state index contributed by atoms with van der Waals surface area (Å²) in [5.74, 6) is 0.884. The Kier molecular flexibility index (Phi) is 6.38. The average Bonchev–Trinajstić information content (AvgIpc) is 2.45. The minimum absolute atomic E-state index is 0.502. The zero-order chi connectivity index (χ0) is 14.1. The van der Waals surface area contributed by atoms with Crippen LogP contribution in [0, 0.1) is 11.3 Å². The molecule has 0 aliphatic heterocycles. The van der Waals surface area contributed by atoms with E-state index in [1.165, 1.54) is 5.56 Å². The largest absolute Gasteiger partial charge is 0.493 e. The van der Waals surface area contributed by atoms with Crippen LogP contribution in [0.5, 0.6) is 5.75 Å². The second kappa shape index (κ2) is 7.81. The van der Waals surface area contributed by atoms with E-state index in [1.807, 2.05) is 19.1 Å². The van der Waals surface area contributed by atoms with Crippen molar-refractivity contribution in [3.05, 3.63) is 29.8 Å². The molecule has 19 heavy (non-hydrogen) atoms. The fourth-order valence-electron chi connectivity index (χ4n) is 1.81. The van der Waals surface area contributed by atoms with Gasteiger partial charge in [-0.25, -0.2) is 0 Å². The van der Waals surface area contributed by atoms with E-state index in [0.29, 0.717) is 13.0 Å². The molecule has 1 unspecified atom stereocenters. The van der Waals surface area contributed by atoms with Crippen molar-refractivity contribution in [3.63, 3.8) is 0 Å². The maximum atomic E-state index is 9.22. The molecule has 0 bridgehead atoms. The van der Waals surface area contributed by atoms with Gasteiger partial charge in [0.05, 0.1) is 12.7 Å². The van der Waals surface area contributed by atoms with Crippen LogP contribution >= 0.6 is 0 Å². The molecule has 3 heteroatoms. The van der Waals surface area contributed by atoms with Crippen molar-refractivity contribution in [1.29, 1.82) is 5.26 Å². The second-order valence-corrected chi connectivity index (χ2v) is 4.97. The summed E-state index contributed by atoms with van der Waals surface area (Å²) in [7, 11) is 0. The normalized spacial score (nSPS) is 13.6. The van der Waals surface area contributed by atoms with Gasteiger partial charge in [0.25, 0.3) is 0 Å². The number of aryl methyl sites for hydroxylation is 1. The predicted molar refractivity (Wildman–Crippen MR) is 78.2 cm³/mol. The van der Waals surface area contributed by atoms with Crippen molar-refractivity contribution < 1.29 is 4.74 Å². The Morgan fingerprint density at radius 2 is 2.16 bits per heavy atom.